The van der Waals surface area contributed by atoms with Crippen LogP contribution in [-0.2, 0) is 6.54 Å². The fourth-order valence-electron chi connectivity index (χ4n) is 1.26. The van der Waals surface area contributed by atoms with Crippen LogP contribution in [0.3, 0.4) is 0 Å². The fraction of sp³-hybridized carbons (Fsp3) is 0.500. The highest BCUT2D eigenvalue weighted by atomic mass is 32.2. The Balaban J connectivity index is 2.42. The Bertz CT molecular complexity index is 278. The van der Waals surface area contributed by atoms with Crippen LogP contribution < -0.4 is 10.1 Å². The minimum Gasteiger partial charge on any atom is -0.493 e. The molecule has 0 bridgehead atoms. The maximum absolute atomic E-state index is 5.62. The molecule has 1 rings (SSSR count). The van der Waals surface area contributed by atoms with Gasteiger partial charge in [0.05, 0.1) is 6.61 Å². The zero-order valence-electron chi connectivity index (χ0n) is 9.45. The molecule has 15 heavy (non-hydrogen) atoms. The number of ether oxygens (including phenoxy) is 1. The van der Waals surface area contributed by atoms with Crippen molar-refractivity contribution in [2.45, 2.75) is 13.5 Å². The lowest BCUT2D eigenvalue weighted by Crippen LogP contribution is -2.11. The van der Waals surface area contributed by atoms with Gasteiger partial charge in [-0.1, -0.05) is 19.1 Å². The van der Waals surface area contributed by atoms with Crippen LogP contribution in [0.5, 0.6) is 5.75 Å². The summed E-state index contributed by atoms with van der Waals surface area (Å²) < 4.78 is 5.62. The lowest BCUT2D eigenvalue weighted by molar-refractivity contribution is 0.343. The average molecular weight is 225 g/mol. The van der Waals surface area contributed by atoms with Gasteiger partial charge < -0.3 is 10.1 Å². The second-order valence-electron chi connectivity index (χ2n) is 3.27. The van der Waals surface area contributed by atoms with E-state index < -0.39 is 0 Å². The van der Waals surface area contributed by atoms with Gasteiger partial charge in [-0.15, -0.1) is 0 Å². The molecule has 0 aliphatic heterocycles. The van der Waals surface area contributed by atoms with E-state index in [-0.39, 0.29) is 0 Å². The summed E-state index contributed by atoms with van der Waals surface area (Å²) in [5.41, 5.74) is 1.28. The first-order chi connectivity index (χ1) is 7.36. The minimum absolute atomic E-state index is 0.784. The maximum Gasteiger partial charge on any atom is 0.119 e. The van der Waals surface area contributed by atoms with Crippen molar-refractivity contribution < 1.29 is 4.74 Å². The highest BCUT2D eigenvalue weighted by Gasteiger charge is 1.96. The molecule has 0 radical (unpaired) electrons. The molecule has 0 aliphatic carbocycles. The highest BCUT2D eigenvalue weighted by molar-refractivity contribution is 7.98. The molecule has 0 fully saturated rings. The van der Waals surface area contributed by atoms with Gasteiger partial charge in [0, 0.05) is 12.3 Å². The third kappa shape index (κ3) is 5.09. The van der Waals surface area contributed by atoms with E-state index >= 15 is 0 Å². The van der Waals surface area contributed by atoms with Crippen molar-refractivity contribution in [1.29, 1.82) is 0 Å². The van der Waals surface area contributed by atoms with Crippen LogP contribution in [0.15, 0.2) is 24.3 Å². The van der Waals surface area contributed by atoms with Crippen LogP contribution in [0.4, 0.5) is 0 Å². The molecule has 0 saturated heterocycles. The predicted octanol–water partition coefficient (Wildman–Crippen LogP) is 2.54. The van der Waals surface area contributed by atoms with Gasteiger partial charge in [0.25, 0.3) is 0 Å². The lowest BCUT2D eigenvalue weighted by atomic mass is 10.2. The second-order valence-corrected chi connectivity index (χ2v) is 4.25. The summed E-state index contributed by atoms with van der Waals surface area (Å²) in [6.07, 6.45) is 2.09. The van der Waals surface area contributed by atoms with Crippen LogP contribution in [-0.4, -0.2) is 25.2 Å². The number of thioether (sulfide) groups is 1. The standard InChI is InChI=1S/C12H19NOS/c1-3-13-10-11-5-4-6-12(9-11)14-7-8-15-2/h4-6,9,13H,3,7-8,10H2,1-2H3. The SMILES string of the molecule is CCNCc1cccc(OCCSC)c1. The van der Waals surface area contributed by atoms with Gasteiger partial charge >= 0.3 is 0 Å². The number of hydrogen-bond donors (Lipinski definition) is 1. The summed E-state index contributed by atoms with van der Waals surface area (Å²) in [7, 11) is 0. The molecular weight excluding hydrogens is 206 g/mol. The molecular formula is C12H19NOS. The van der Waals surface area contributed by atoms with E-state index in [1.165, 1.54) is 5.56 Å². The second kappa shape index (κ2) is 7.60. The quantitative estimate of drug-likeness (QED) is 0.721. The third-order valence-corrected chi connectivity index (χ3v) is 2.61. The van der Waals surface area contributed by atoms with Gasteiger partial charge in [-0.3, -0.25) is 0 Å². The predicted molar refractivity (Wildman–Crippen MR) is 67.7 cm³/mol. The summed E-state index contributed by atoms with van der Waals surface area (Å²) in [4.78, 5) is 0. The molecule has 0 heterocycles. The molecule has 2 nitrogen and oxygen atoms in total. The minimum atomic E-state index is 0.784. The summed E-state index contributed by atoms with van der Waals surface area (Å²) in [6.45, 7) is 4.80. The summed E-state index contributed by atoms with van der Waals surface area (Å²) in [5.74, 6) is 2.01. The molecule has 3 heteroatoms. The topological polar surface area (TPSA) is 21.3 Å². The van der Waals surface area contributed by atoms with Crippen molar-refractivity contribution in [2.24, 2.45) is 0 Å². The Morgan fingerprint density at radius 3 is 3.00 bits per heavy atom. The summed E-state index contributed by atoms with van der Waals surface area (Å²) in [5, 5.41) is 3.30. The van der Waals surface area contributed by atoms with Gasteiger partial charge in [0.15, 0.2) is 0 Å². The van der Waals surface area contributed by atoms with Crippen molar-refractivity contribution in [2.75, 3.05) is 25.2 Å². The molecule has 0 aromatic heterocycles. The number of rotatable bonds is 7. The van der Waals surface area contributed by atoms with Gasteiger partial charge in [-0.25, -0.2) is 0 Å². The van der Waals surface area contributed by atoms with Gasteiger partial charge in [0.2, 0.25) is 0 Å². The number of hydrogen-bond acceptors (Lipinski definition) is 3. The lowest BCUT2D eigenvalue weighted by Gasteiger charge is -2.07. The molecule has 0 amide bonds. The normalized spacial score (nSPS) is 10.3. The molecule has 0 atom stereocenters. The highest BCUT2D eigenvalue weighted by Crippen LogP contribution is 2.13. The zero-order valence-corrected chi connectivity index (χ0v) is 10.3. The van der Waals surface area contributed by atoms with Crippen LogP contribution in [0.1, 0.15) is 12.5 Å². The first-order valence-electron chi connectivity index (χ1n) is 5.28. The zero-order chi connectivity index (χ0) is 10.9. The van der Waals surface area contributed by atoms with E-state index in [2.05, 4.69) is 30.6 Å². The van der Waals surface area contributed by atoms with E-state index in [4.69, 9.17) is 4.74 Å². The Hall–Kier alpha value is -0.670. The van der Waals surface area contributed by atoms with Crippen molar-refractivity contribution in [3.63, 3.8) is 0 Å². The molecule has 84 valence electrons. The van der Waals surface area contributed by atoms with Crippen molar-refractivity contribution >= 4 is 11.8 Å². The number of nitrogens with one attached hydrogen (secondary N) is 1. The molecule has 1 N–H and O–H groups in total. The molecule has 0 aliphatic rings. The van der Waals surface area contributed by atoms with Gasteiger partial charge in [-0.05, 0) is 30.5 Å². The maximum atomic E-state index is 5.62. The van der Waals surface area contributed by atoms with Crippen molar-refractivity contribution in [1.82, 2.24) is 5.32 Å². The van der Waals surface area contributed by atoms with Crippen molar-refractivity contribution in [3.05, 3.63) is 29.8 Å². The molecule has 1 aromatic carbocycles. The molecule has 0 saturated carbocycles. The molecule has 1 aromatic rings. The average Bonchev–Trinajstić information content (AvgIpc) is 2.27. The van der Waals surface area contributed by atoms with Crippen LogP contribution >= 0.6 is 11.8 Å². The Morgan fingerprint density at radius 2 is 2.27 bits per heavy atom. The van der Waals surface area contributed by atoms with Crippen LogP contribution in [0.2, 0.25) is 0 Å². The van der Waals surface area contributed by atoms with Gasteiger partial charge in [0.1, 0.15) is 5.75 Å². The van der Waals surface area contributed by atoms with Crippen molar-refractivity contribution in [3.8, 4) is 5.75 Å². The summed E-state index contributed by atoms with van der Waals surface area (Å²) >= 11 is 1.80. The van der Waals surface area contributed by atoms with Gasteiger partial charge in [-0.2, -0.15) is 11.8 Å². The van der Waals surface area contributed by atoms with E-state index in [1.807, 2.05) is 12.1 Å². The molecule has 0 unspecified atom stereocenters. The smallest absolute Gasteiger partial charge is 0.119 e. The Labute approximate surface area is 96.4 Å². The number of benzene rings is 1. The first kappa shape index (κ1) is 12.4. The summed E-state index contributed by atoms with van der Waals surface area (Å²) in [6, 6.07) is 8.27. The third-order valence-electron chi connectivity index (χ3n) is 2.03. The Morgan fingerprint density at radius 1 is 1.40 bits per heavy atom. The first-order valence-corrected chi connectivity index (χ1v) is 6.67. The van der Waals surface area contributed by atoms with E-state index in [9.17, 15) is 0 Å². The van der Waals surface area contributed by atoms with E-state index in [0.717, 1.165) is 31.2 Å². The molecule has 0 spiro atoms. The Kier molecular flexibility index (Phi) is 6.28. The van der Waals surface area contributed by atoms with E-state index in [0.29, 0.717) is 0 Å². The van der Waals surface area contributed by atoms with Crippen LogP contribution in [0.25, 0.3) is 0 Å². The largest absolute Gasteiger partial charge is 0.493 e. The fourth-order valence-corrected chi connectivity index (χ4v) is 1.51. The van der Waals surface area contributed by atoms with E-state index in [1.54, 1.807) is 11.8 Å². The monoisotopic (exact) mass is 225 g/mol. The van der Waals surface area contributed by atoms with Crippen LogP contribution in [0, 0.1) is 0 Å².